The molecule has 2 heterocycles. The minimum atomic E-state index is -0.786. The molecule has 2 atom stereocenters. The Balaban J connectivity index is 1.29. The first-order chi connectivity index (χ1) is 30.2. The van der Waals surface area contributed by atoms with Crippen molar-refractivity contribution in [2.24, 2.45) is 0 Å². The number of anilines is 1. The molecule has 0 N–H and O–H groups in total. The summed E-state index contributed by atoms with van der Waals surface area (Å²) in [4.78, 5) is 2.39. The van der Waals surface area contributed by atoms with Crippen molar-refractivity contribution < 1.29 is 22.1 Å². The zero-order valence-corrected chi connectivity index (χ0v) is 35.2. The van der Waals surface area contributed by atoms with Gasteiger partial charge < -0.3 is 4.90 Å². The van der Waals surface area contributed by atoms with E-state index in [9.17, 15) is 8.78 Å². The van der Waals surface area contributed by atoms with Gasteiger partial charge in [0, 0.05) is 53.2 Å². The molecule has 2 aliphatic heterocycles. The third-order valence-corrected chi connectivity index (χ3v) is 13.2. The van der Waals surface area contributed by atoms with E-state index in [2.05, 4.69) is 109 Å². The Morgan fingerprint density at radius 3 is 1.87 bits per heavy atom. The number of benzene rings is 7. The zero-order valence-electron chi connectivity index (χ0n) is 35.2. The summed E-state index contributed by atoms with van der Waals surface area (Å²) in [6, 6.07) is 43.3. The number of unbranched alkanes of at least 4 members (excludes halogenated alkanes) is 1. The highest BCUT2D eigenvalue weighted by molar-refractivity contribution is 6.09. The summed E-state index contributed by atoms with van der Waals surface area (Å²) in [5.74, 6) is -2.39. The first kappa shape index (κ1) is 40.9. The second-order valence-corrected chi connectivity index (χ2v) is 16.9. The fraction of sp³-hybridized carbons (Fsp3) is 0.196. The molecule has 0 radical (unpaired) electrons. The van der Waals surface area contributed by atoms with Gasteiger partial charge in [-0.1, -0.05) is 123 Å². The van der Waals surface area contributed by atoms with Crippen LogP contribution in [0.3, 0.4) is 0 Å². The van der Waals surface area contributed by atoms with Crippen molar-refractivity contribution in [1.29, 1.82) is 0 Å². The number of nitrogens with zero attached hydrogens (tertiary/aromatic N) is 2. The van der Waals surface area contributed by atoms with E-state index >= 15 is 8.78 Å². The van der Waals surface area contributed by atoms with Crippen LogP contribution < -0.4 is 4.90 Å². The van der Waals surface area contributed by atoms with Crippen LogP contribution >= 0.6 is 0 Å². The molecule has 310 valence electrons. The van der Waals surface area contributed by atoms with Gasteiger partial charge >= 0.3 is 0 Å². The number of halogens is 4. The van der Waals surface area contributed by atoms with E-state index in [1.165, 1.54) is 12.1 Å². The van der Waals surface area contributed by atoms with Gasteiger partial charge in [0.1, 0.15) is 30.3 Å². The van der Waals surface area contributed by atoms with E-state index in [4.69, 9.17) is 0 Å². The van der Waals surface area contributed by atoms with Gasteiger partial charge in [0.2, 0.25) is 5.69 Å². The molecule has 7 aromatic rings. The van der Waals surface area contributed by atoms with E-state index in [-0.39, 0.29) is 12.8 Å². The Labute approximate surface area is 361 Å². The van der Waals surface area contributed by atoms with Crippen LogP contribution in [0.5, 0.6) is 0 Å². The molecule has 0 aromatic heterocycles. The van der Waals surface area contributed by atoms with Crippen LogP contribution in [-0.4, -0.2) is 23.9 Å². The normalized spacial score (nSPS) is 19.0. The van der Waals surface area contributed by atoms with Gasteiger partial charge in [-0.25, -0.2) is 17.6 Å². The number of fused-ring (bicyclic) bond motifs is 6. The summed E-state index contributed by atoms with van der Waals surface area (Å²) < 4.78 is 63.0. The molecule has 2 unspecified atom stereocenters. The van der Waals surface area contributed by atoms with E-state index < -0.39 is 34.1 Å². The molecule has 7 aromatic carbocycles. The third kappa shape index (κ3) is 7.05. The summed E-state index contributed by atoms with van der Waals surface area (Å²) in [6.07, 6.45) is 11.8. The maximum absolute atomic E-state index is 16.0. The highest BCUT2D eigenvalue weighted by atomic mass is 19.1. The highest BCUT2D eigenvalue weighted by Gasteiger charge is 2.52. The number of rotatable bonds is 13. The Morgan fingerprint density at radius 2 is 1.24 bits per heavy atom. The third-order valence-electron chi connectivity index (χ3n) is 13.2. The number of hydrogen-bond donors (Lipinski definition) is 0. The molecule has 0 aliphatic carbocycles. The van der Waals surface area contributed by atoms with E-state index in [0.29, 0.717) is 24.0 Å². The smallest absolute Gasteiger partial charge is 0.210 e. The minimum Gasteiger partial charge on any atom is -0.344 e. The summed E-state index contributed by atoms with van der Waals surface area (Å²) in [6.45, 7) is 7.17. The molecule has 0 bridgehead atoms. The number of hydrogen-bond acceptors (Lipinski definition) is 1. The standard InChI is InChI=1S/C56H49F4N2/c1-4-6-32-62-50-30-26-40-18-11-13-20-46(40)54(50)55(31-5-2,36-41-23-27-43(57)33-47(41)59)52(62)22-14-21-51-56(35-38-15-8-7-9-16-38,37-42-24-28-44(58)34-48(42)60)53-45-19-12-10-17-39(45)25-29-49(53)61(51)3/h5,7-30,33-34H,2,4,6,31-32,35-37H2,1,3H3/q+1. The lowest BCUT2D eigenvalue weighted by Crippen LogP contribution is -2.39. The highest BCUT2D eigenvalue weighted by Crippen LogP contribution is 2.55. The predicted octanol–water partition coefficient (Wildman–Crippen LogP) is 13.8. The quantitative estimate of drug-likeness (QED) is 0.0638. The average Bonchev–Trinajstić information content (AvgIpc) is 3.66. The Hall–Kier alpha value is -6.53. The second kappa shape index (κ2) is 16.7. The van der Waals surface area contributed by atoms with Crippen molar-refractivity contribution in [3.05, 3.63) is 227 Å². The van der Waals surface area contributed by atoms with Crippen LogP contribution in [0.1, 0.15) is 54.0 Å². The first-order valence-corrected chi connectivity index (χ1v) is 21.5. The molecule has 6 heteroatoms. The van der Waals surface area contributed by atoms with Gasteiger partial charge in [-0.05, 0) is 106 Å². The molecule has 62 heavy (non-hydrogen) atoms. The Bertz CT molecular complexity index is 2950. The lowest BCUT2D eigenvalue weighted by molar-refractivity contribution is -0.401. The molecule has 0 amide bonds. The molecular weight excluding hydrogens is 777 g/mol. The van der Waals surface area contributed by atoms with Gasteiger partial charge in [0.05, 0.1) is 5.41 Å². The largest absolute Gasteiger partial charge is 0.344 e. The average molecular weight is 826 g/mol. The molecule has 0 saturated carbocycles. The summed E-state index contributed by atoms with van der Waals surface area (Å²) in [5.41, 5.74) is 6.63. The maximum Gasteiger partial charge on any atom is 0.210 e. The summed E-state index contributed by atoms with van der Waals surface area (Å²) in [7, 11) is 2.07. The topological polar surface area (TPSA) is 6.25 Å². The van der Waals surface area contributed by atoms with E-state index in [0.717, 1.165) is 92.5 Å². The van der Waals surface area contributed by atoms with Crippen LogP contribution in [0.2, 0.25) is 0 Å². The van der Waals surface area contributed by atoms with Gasteiger partial charge in [-0.15, -0.1) is 6.58 Å². The lowest BCUT2D eigenvalue weighted by Gasteiger charge is -2.34. The van der Waals surface area contributed by atoms with Gasteiger partial charge in [-0.3, -0.25) is 0 Å². The molecule has 2 aliphatic rings. The summed E-state index contributed by atoms with van der Waals surface area (Å²) in [5, 5.41) is 4.32. The summed E-state index contributed by atoms with van der Waals surface area (Å²) >= 11 is 0. The van der Waals surface area contributed by atoms with Crippen LogP contribution in [0.4, 0.5) is 28.9 Å². The van der Waals surface area contributed by atoms with Gasteiger partial charge in [0.25, 0.3) is 0 Å². The van der Waals surface area contributed by atoms with Crippen molar-refractivity contribution in [1.82, 2.24) is 0 Å². The minimum absolute atomic E-state index is 0.278. The molecule has 0 saturated heterocycles. The molecular formula is C56H49F4N2+. The molecule has 9 rings (SSSR count). The lowest BCUT2D eigenvalue weighted by atomic mass is 9.67. The Kier molecular flexibility index (Phi) is 11.0. The van der Waals surface area contributed by atoms with Crippen LogP contribution in [0.25, 0.3) is 21.5 Å². The molecule has 2 nitrogen and oxygen atoms in total. The fourth-order valence-electron chi connectivity index (χ4n) is 10.5. The maximum atomic E-state index is 16.0. The first-order valence-electron chi connectivity index (χ1n) is 21.5. The van der Waals surface area contributed by atoms with Crippen LogP contribution in [0, 0.1) is 23.3 Å². The zero-order chi connectivity index (χ0) is 43.0. The number of allylic oxidation sites excluding steroid dienone is 5. The predicted molar refractivity (Wildman–Crippen MR) is 247 cm³/mol. The SMILES string of the molecule is C=CCC1(Cc2ccc(F)cc2F)/C(=C\C=C\C2=[N+](C)c3ccc4ccccc4c3C2(Cc2ccccc2)Cc2ccc(F)cc2F)N(CCCC)c2ccc3ccccc3c21. The fourth-order valence-corrected chi connectivity index (χ4v) is 10.5. The van der Waals surface area contributed by atoms with Crippen molar-refractivity contribution in [2.45, 2.75) is 56.3 Å². The van der Waals surface area contributed by atoms with Crippen molar-refractivity contribution in [3.8, 4) is 0 Å². The monoisotopic (exact) mass is 825 g/mol. The van der Waals surface area contributed by atoms with Gasteiger partial charge in [-0.2, -0.15) is 4.58 Å². The molecule has 0 spiro atoms. The van der Waals surface area contributed by atoms with Crippen molar-refractivity contribution >= 4 is 38.6 Å². The van der Waals surface area contributed by atoms with Crippen molar-refractivity contribution in [3.63, 3.8) is 0 Å². The Morgan fingerprint density at radius 1 is 0.645 bits per heavy atom. The van der Waals surface area contributed by atoms with Crippen LogP contribution in [-0.2, 0) is 30.1 Å². The van der Waals surface area contributed by atoms with Gasteiger partial charge in [0.15, 0.2) is 5.71 Å². The van der Waals surface area contributed by atoms with Crippen molar-refractivity contribution in [2.75, 3.05) is 18.5 Å². The van der Waals surface area contributed by atoms with E-state index in [1.807, 2.05) is 48.5 Å². The molecule has 0 fully saturated rings. The second-order valence-electron chi connectivity index (χ2n) is 16.9. The van der Waals surface area contributed by atoms with E-state index in [1.54, 1.807) is 12.1 Å². The van der Waals surface area contributed by atoms with Crippen LogP contribution in [0.15, 0.2) is 176 Å².